The number of halogens is 2. The van der Waals surface area contributed by atoms with Gasteiger partial charge in [-0.25, -0.2) is 18.6 Å². The van der Waals surface area contributed by atoms with Gasteiger partial charge in [-0.2, -0.15) is 0 Å². The molecule has 0 saturated heterocycles. The minimum atomic E-state index is -3.02. The molecule has 0 unspecified atom stereocenters. The molecule has 0 radical (unpaired) electrons. The number of carboxylic acid groups (broad SMARTS) is 1. The number of alkyl halides is 2. The standard InChI is InChI=1S/C9H6F2N2O3S/c1-3-7(17-2-12-3)5-4(9(14)15)6(8(10)11)16-13-5/h2,8H,1H3,(H,14,15). The summed E-state index contributed by atoms with van der Waals surface area (Å²) in [6.45, 7) is 1.63. The van der Waals surface area contributed by atoms with Crippen molar-refractivity contribution < 1.29 is 23.2 Å². The lowest BCUT2D eigenvalue weighted by Crippen LogP contribution is -2.01. The average molecular weight is 260 g/mol. The van der Waals surface area contributed by atoms with Crippen LogP contribution in [0.1, 0.15) is 28.2 Å². The van der Waals surface area contributed by atoms with Crippen LogP contribution in [0.25, 0.3) is 10.6 Å². The number of aryl methyl sites for hydroxylation is 1. The van der Waals surface area contributed by atoms with Crippen LogP contribution in [0.3, 0.4) is 0 Å². The SMILES string of the molecule is Cc1ncsc1-c1noc(C(F)F)c1C(=O)O. The van der Waals surface area contributed by atoms with E-state index in [9.17, 15) is 13.6 Å². The Kier molecular flexibility index (Phi) is 2.88. The van der Waals surface area contributed by atoms with Gasteiger partial charge in [0, 0.05) is 0 Å². The smallest absolute Gasteiger partial charge is 0.341 e. The summed E-state index contributed by atoms with van der Waals surface area (Å²) in [7, 11) is 0. The predicted octanol–water partition coefficient (Wildman–Crippen LogP) is 2.74. The van der Waals surface area contributed by atoms with E-state index >= 15 is 0 Å². The first-order chi connectivity index (χ1) is 8.02. The predicted molar refractivity (Wildman–Crippen MR) is 54.3 cm³/mol. The van der Waals surface area contributed by atoms with Crippen LogP contribution in [-0.2, 0) is 0 Å². The lowest BCUT2D eigenvalue weighted by atomic mass is 10.1. The fraction of sp³-hybridized carbons (Fsp3) is 0.222. The fourth-order valence-corrected chi connectivity index (χ4v) is 2.13. The normalized spacial score (nSPS) is 11.1. The van der Waals surface area contributed by atoms with Crippen molar-refractivity contribution in [1.29, 1.82) is 0 Å². The van der Waals surface area contributed by atoms with Crippen molar-refractivity contribution in [2.75, 3.05) is 0 Å². The Morgan fingerprint density at radius 2 is 2.29 bits per heavy atom. The van der Waals surface area contributed by atoms with Crippen LogP contribution in [0.2, 0.25) is 0 Å². The Morgan fingerprint density at radius 1 is 1.59 bits per heavy atom. The summed E-state index contributed by atoms with van der Waals surface area (Å²) in [5, 5.41) is 12.3. The van der Waals surface area contributed by atoms with E-state index in [0.717, 1.165) is 11.3 Å². The van der Waals surface area contributed by atoms with Gasteiger partial charge in [-0.1, -0.05) is 5.16 Å². The van der Waals surface area contributed by atoms with Crippen LogP contribution in [0.5, 0.6) is 0 Å². The van der Waals surface area contributed by atoms with Crippen molar-refractivity contribution in [2.45, 2.75) is 13.3 Å². The molecule has 0 saturated carbocycles. The zero-order valence-electron chi connectivity index (χ0n) is 8.48. The molecule has 0 aromatic carbocycles. The molecule has 90 valence electrons. The first kappa shape index (κ1) is 11.6. The van der Waals surface area contributed by atoms with Gasteiger partial charge in [0.2, 0.25) is 5.76 Å². The van der Waals surface area contributed by atoms with Gasteiger partial charge in [0.1, 0.15) is 11.3 Å². The first-order valence-corrected chi connectivity index (χ1v) is 5.31. The second-order valence-electron chi connectivity index (χ2n) is 3.14. The molecule has 2 rings (SSSR count). The Labute approximate surface area is 97.7 Å². The van der Waals surface area contributed by atoms with E-state index in [0.29, 0.717) is 10.6 Å². The number of thiazole rings is 1. The molecule has 0 bridgehead atoms. The van der Waals surface area contributed by atoms with E-state index in [1.165, 1.54) is 5.51 Å². The van der Waals surface area contributed by atoms with Gasteiger partial charge >= 0.3 is 5.97 Å². The van der Waals surface area contributed by atoms with Crippen LogP contribution in [0.15, 0.2) is 10.0 Å². The van der Waals surface area contributed by atoms with E-state index in [1.54, 1.807) is 6.92 Å². The molecule has 0 aliphatic carbocycles. The number of nitrogens with zero attached hydrogens (tertiary/aromatic N) is 2. The topological polar surface area (TPSA) is 76.2 Å². The molecule has 1 N–H and O–H groups in total. The number of hydrogen-bond donors (Lipinski definition) is 1. The molecular weight excluding hydrogens is 254 g/mol. The van der Waals surface area contributed by atoms with Gasteiger partial charge < -0.3 is 9.63 Å². The summed E-state index contributed by atoms with van der Waals surface area (Å²) < 4.78 is 29.5. The third kappa shape index (κ3) is 1.91. The van der Waals surface area contributed by atoms with Crippen LogP contribution < -0.4 is 0 Å². The largest absolute Gasteiger partial charge is 0.477 e. The molecule has 0 aliphatic heterocycles. The summed E-state index contributed by atoms with van der Waals surface area (Å²) in [6, 6.07) is 0. The fourth-order valence-electron chi connectivity index (χ4n) is 1.34. The maximum absolute atomic E-state index is 12.5. The van der Waals surface area contributed by atoms with Crippen LogP contribution in [0, 0.1) is 6.92 Å². The molecule has 2 aromatic heterocycles. The molecule has 0 spiro atoms. The highest BCUT2D eigenvalue weighted by Crippen LogP contribution is 2.34. The number of hydrogen-bond acceptors (Lipinski definition) is 5. The molecule has 0 atom stereocenters. The highest BCUT2D eigenvalue weighted by molar-refractivity contribution is 7.13. The monoisotopic (exact) mass is 260 g/mol. The highest BCUT2D eigenvalue weighted by atomic mass is 32.1. The zero-order valence-corrected chi connectivity index (χ0v) is 9.29. The van der Waals surface area contributed by atoms with Gasteiger partial charge in [0.15, 0.2) is 0 Å². The number of rotatable bonds is 3. The van der Waals surface area contributed by atoms with Crippen molar-refractivity contribution in [2.24, 2.45) is 0 Å². The maximum Gasteiger partial charge on any atom is 0.341 e. The molecule has 5 nitrogen and oxygen atoms in total. The molecule has 0 fully saturated rings. The number of carboxylic acids is 1. The highest BCUT2D eigenvalue weighted by Gasteiger charge is 2.30. The third-order valence-electron chi connectivity index (χ3n) is 2.09. The van der Waals surface area contributed by atoms with Gasteiger partial charge in [-0.15, -0.1) is 11.3 Å². The lowest BCUT2D eigenvalue weighted by molar-refractivity contribution is 0.0670. The number of aromatic nitrogens is 2. The summed E-state index contributed by atoms with van der Waals surface area (Å²) in [5.41, 5.74) is 1.29. The molecule has 0 amide bonds. The molecule has 2 aromatic rings. The summed E-state index contributed by atoms with van der Waals surface area (Å²) in [6.07, 6.45) is -3.02. The van der Waals surface area contributed by atoms with Crippen LogP contribution in [-0.4, -0.2) is 21.2 Å². The average Bonchev–Trinajstić information content (AvgIpc) is 2.82. The molecule has 8 heteroatoms. The zero-order chi connectivity index (χ0) is 12.6. The van der Waals surface area contributed by atoms with E-state index < -0.39 is 23.7 Å². The molecule has 0 aliphatic rings. The summed E-state index contributed by atoms with van der Waals surface area (Å²) in [5.74, 6) is -2.43. The lowest BCUT2D eigenvalue weighted by Gasteiger charge is -1.96. The second-order valence-corrected chi connectivity index (χ2v) is 4.00. The van der Waals surface area contributed by atoms with E-state index in [4.69, 9.17) is 5.11 Å². The Hall–Kier alpha value is -1.83. The Balaban J connectivity index is 2.64. The molecular formula is C9H6F2N2O3S. The third-order valence-corrected chi connectivity index (χ3v) is 3.03. The quantitative estimate of drug-likeness (QED) is 0.918. The van der Waals surface area contributed by atoms with Crippen molar-refractivity contribution >= 4 is 17.3 Å². The number of carbonyl (C=O) groups is 1. The minimum absolute atomic E-state index is 0.104. The Bertz CT molecular complexity index is 564. The Morgan fingerprint density at radius 3 is 2.76 bits per heavy atom. The molecule has 2 heterocycles. The van der Waals surface area contributed by atoms with Gasteiger partial charge in [-0.3, -0.25) is 0 Å². The maximum atomic E-state index is 12.5. The van der Waals surface area contributed by atoms with E-state index in [1.807, 2.05) is 0 Å². The summed E-state index contributed by atoms with van der Waals surface area (Å²) in [4.78, 5) is 15.3. The van der Waals surface area contributed by atoms with Crippen molar-refractivity contribution in [3.8, 4) is 10.6 Å². The van der Waals surface area contributed by atoms with E-state index in [-0.39, 0.29) is 5.69 Å². The second kappa shape index (κ2) is 4.21. The first-order valence-electron chi connectivity index (χ1n) is 4.43. The van der Waals surface area contributed by atoms with Crippen molar-refractivity contribution in [3.63, 3.8) is 0 Å². The van der Waals surface area contributed by atoms with Crippen molar-refractivity contribution in [1.82, 2.24) is 10.1 Å². The van der Waals surface area contributed by atoms with Gasteiger partial charge in [-0.05, 0) is 6.92 Å². The number of aromatic carboxylic acids is 1. The van der Waals surface area contributed by atoms with Gasteiger partial charge in [0.05, 0.1) is 16.1 Å². The van der Waals surface area contributed by atoms with Crippen LogP contribution in [0.4, 0.5) is 8.78 Å². The van der Waals surface area contributed by atoms with Gasteiger partial charge in [0.25, 0.3) is 6.43 Å². The minimum Gasteiger partial charge on any atom is -0.477 e. The van der Waals surface area contributed by atoms with Crippen LogP contribution >= 0.6 is 11.3 Å². The summed E-state index contributed by atoms with van der Waals surface area (Å²) >= 11 is 1.12. The molecule has 17 heavy (non-hydrogen) atoms. The van der Waals surface area contributed by atoms with Crippen molar-refractivity contribution in [3.05, 3.63) is 22.5 Å². The van der Waals surface area contributed by atoms with E-state index in [2.05, 4.69) is 14.7 Å².